The van der Waals surface area contributed by atoms with Gasteiger partial charge in [0, 0.05) is 0 Å². The molecule has 0 aromatic heterocycles. The van der Waals surface area contributed by atoms with Gasteiger partial charge in [-0.25, -0.2) is 75.3 Å². The molecule has 0 aliphatic carbocycles. The van der Waals surface area contributed by atoms with Crippen LogP contribution >= 0.6 is 0 Å². The molecule has 4 saturated heterocycles. The van der Waals surface area contributed by atoms with Crippen LogP contribution in [0.1, 0.15) is 0 Å². The van der Waals surface area contributed by atoms with Crippen molar-refractivity contribution < 1.29 is 398 Å². The van der Waals surface area contributed by atoms with Crippen molar-refractivity contribution in [3.63, 3.8) is 0 Å². The summed E-state index contributed by atoms with van der Waals surface area (Å²) in [7, 11) is -120. The maximum absolute atomic E-state index is 12.9. The standard InChI is InChI=1S/C30H54O80S18.K/c31-111(32,33)89-5-9-15(99-117(49,50)51)21(105-123(67,68)69)25(109-127(79,80)81)27(93-9)85-1-7-13(97-115(43,44)45)19(103-121(61,62)63)23(107-125(73,74)75)29(91-7)87-3-11(95-113(37,38)39)17(101-119(55,56)57)18(102-120(58,59)60)12(96-114(40,41)42)4-88-30-24(108-126(76,77)78)20(104-122(64,65)66)14(98-116(46,47)48)8(92-30)2-86-28-26(110-128(82,83)84)22(106-124(70,71)72)16(100-118(52,53)54)10(94-28)6-90-112(34,35)36;/h7-30H,1-6H2,(H,31,32,33)(H,34,35,36)(H,37,38,39)(H,40,41,42)(H,43,44,45)(H,46,47,48)(H,49,50,51)(H,52,53,54)(H,55,56,57)(H,58,59,60)(H,61,62,63)(H,64,65,66)(H,67,68,69)(H,70,71,72)(H,73,74,75)(H,76,77,78)(H,79,80,81)(H,82,83,84);/q;+1/t7-,8-,9-,10-,11-,12-,13-,14-,15-,16-,17-,18-,19+,20+,21+,22+,23-,24-,25-,26-,27-,28-,29-,30-;/m1./s1. The Morgan fingerprint density at radius 3 is 0.504 bits per heavy atom. The Balaban J connectivity index is 0.0000429. The van der Waals surface area contributed by atoms with Gasteiger partial charge in [0.15, 0.2) is 49.6 Å². The fourth-order valence-electron chi connectivity index (χ4n) is 10.3. The van der Waals surface area contributed by atoms with Gasteiger partial charge in [0.1, 0.15) is 97.7 Å². The van der Waals surface area contributed by atoms with Crippen LogP contribution in [0, 0.1) is 0 Å². The minimum absolute atomic E-state index is 0. The molecule has 762 valence electrons. The van der Waals surface area contributed by atoms with Gasteiger partial charge in [0.2, 0.25) is 0 Å². The quantitative estimate of drug-likeness (QED) is 0.0199. The second-order valence-corrected chi connectivity index (χ2v) is 41.8. The molecular weight excluding hydrogens is 2260 g/mol. The van der Waals surface area contributed by atoms with Gasteiger partial charge in [-0.3, -0.25) is 81.9 Å². The van der Waals surface area contributed by atoms with Crippen molar-refractivity contribution >= 4 is 187 Å². The Kier molecular flexibility index (Phi) is 42.9. The summed E-state index contributed by atoms with van der Waals surface area (Å²) in [6.45, 7) is -15.2. The van der Waals surface area contributed by atoms with Gasteiger partial charge in [0.25, 0.3) is 0 Å². The minimum atomic E-state index is -7.15. The average Bonchev–Trinajstić information content (AvgIpc) is 0.770. The van der Waals surface area contributed by atoms with E-state index >= 15 is 0 Å². The van der Waals surface area contributed by atoms with E-state index < -0.39 is 374 Å². The summed E-state index contributed by atoms with van der Waals surface area (Å²) in [5.74, 6) is 0. The molecular formula is C30H54KO80S18+. The average molecular weight is 2310 g/mol. The zero-order chi connectivity index (χ0) is 99.5. The van der Waals surface area contributed by atoms with E-state index in [9.17, 15) is 233 Å². The maximum Gasteiger partial charge on any atom is 1.00 e. The molecule has 18 N–H and O–H groups in total. The fraction of sp³-hybridized carbons (Fsp3) is 1.00. The Morgan fingerprint density at radius 1 is 0.186 bits per heavy atom. The van der Waals surface area contributed by atoms with E-state index in [4.69, 9.17) is 37.9 Å². The molecule has 0 amide bonds. The molecule has 0 saturated carbocycles. The summed E-state index contributed by atoms with van der Waals surface area (Å²) in [4.78, 5) is 0. The van der Waals surface area contributed by atoms with E-state index in [1.165, 1.54) is 0 Å². The topological polar surface area (TPSA) is 1220 Å². The molecule has 4 aliphatic heterocycles. The summed E-state index contributed by atoms with van der Waals surface area (Å²) in [5, 5.41) is 0. The predicted molar refractivity (Wildman–Crippen MR) is 356 cm³/mol. The van der Waals surface area contributed by atoms with Crippen LogP contribution in [0.15, 0.2) is 0 Å². The van der Waals surface area contributed by atoms with Gasteiger partial charge in [-0.15, -0.1) is 0 Å². The second-order valence-electron chi connectivity index (χ2n) is 22.9. The third-order valence-corrected chi connectivity index (χ3v) is 22.0. The molecule has 99 heteroatoms. The summed E-state index contributed by atoms with van der Waals surface area (Å²) >= 11 is 0. The molecule has 0 aromatic carbocycles. The normalized spacial score (nSPS) is 29.4. The number of rotatable bonds is 53. The first-order valence-corrected chi connectivity index (χ1v) is 54.0. The Bertz CT molecular complexity index is 5730. The van der Waals surface area contributed by atoms with E-state index in [1.54, 1.807) is 0 Å². The van der Waals surface area contributed by atoms with Crippen molar-refractivity contribution in [3.05, 3.63) is 0 Å². The van der Waals surface area contributed by atoms with Gasteiger partial charge in [-0.2, -0.15) is 152 Å². The van der Waals surface area contributed by atoms with Crippen LogP contribution in [0.5, 0.6) is 0 Å². The smallest absolute Gasteiger partial charge is 0.347 e. The van der Waals surface area contributed by atoms with Crippen molar-refractivity contribution in [2.24, 2.45) is 0 Å². The third kappa shape index (κ3) is 48.1. The molecule has 0 unspecified atom stereocenters. The van der Waals surface area contributed by atoms with Crippen LogP contribution in [0.4, 0.5) is 0 Å². The molecule has 4 rings (SSSR count). The van der Waals surface area contributed by atoms with Crippen LogP contribution in [0.2, 0.25) is 0 Å². The van der Waals surface area contributed by atoms with E-state index in [2.05, 4.69) is 75.3 Å². The molecule has 4 aliphatic rings. The fourth-order valence-corrected chi connectivity index (χ4v) is 18.8. The van der Waals surface area contributed by atoms with Crippen LogP contribution in [0.3, 0.4) is 0 Å². The Labute approximate surface area is 764 Å². The van der Waals surface area contributed by atoms with Gasteiger partial charge in [-0.1, -0.05) is 0 Å². The van der Waals surface area contributed by atoms with Crippen molar-refractivity contribution in [2.75, 3.05) is 39.6 Å². The van der Waals surface area contributed by atoms with E-state index in [0.717, 1.165) is 0 Å². The molecule has 24 atom stereocenters. The zero-order valence-corrected chi connectivity index (χ0v) is 77.6. The minimum Gasteiger partial charge on any atom is -0.347 e. The molecule has 4 heterocycles. The van der Waals surface area contributed by atoms with Gasteiger partial charge >= 0.3 is 239 Å². The first-order valence-electron chi connectivity index (χ1n) is 29.4. The van der Waals surface area contributed by atoms with Gasteiger partial charge < -0.3 is 37.9 Å². The summed E-state index contributed by atoms with van der Waals surface area (Å²) in [6, 6.07) is 0. The van der Waals surface area contributed by atoms with Crippen molar-refractivity contribution in [1.82, 2.24) is 0 Å². The van der Waals surface area contributed by atoms with Crippen LogP contribution in [-0.2, 0) is 300 Å². The Hall–Kier alpha value is -1.02. The van der Waals surface area contributed by atoms with Crippen LogP contribution < -0.4 is 51.4 Å². The first-order chi connectivity index (χ1) is 56.6. The maximum atomic E-state index is 12.9. The Morgan fingerprint density at radius 2 is 0.341 bits per heavy atom. The first kappa shape index (κ1) is 122. The molecule has 0 spiro atoms. The van der Waals surface area contributed by atoms with Crippen molar-refractivity contribution in [3.8, 4) is 0 Å². The van der Waals surface area contributed by atoms with Gasteiger partial charge in [0.05, 0.1) is 39.6 Å². The third-order valence-electron chi connectivity index (χ3n) is 13.6. The van der Waals surface area contributed by atoms with Gasteiger partial charge in [-0.05, 0) is 0 Å². The monoisotopic (exact) mass is 2310 g/mol. The number of hydrogen-bond acceptors (Lipinski definition) is 62. The van der Waals surface area contributed by atoms with Crippen LogP contribution in [0.25, 0.3) is 0 Å². The van der Waals surface area contributed by atoms with Crippen LogP contribution in [-0.4, -0.2) is 420 Å². The SMILES string of the molecule is O=S(=O)(O)OC[C@H]1O[C@@H](OC[C@H]2O[C@@H](OC[C@@H](OS(=O)(=O)O)[C@@H](OS(=O)(=O)O)[C@H](OS(=O)(=O)O)[C@@H](CO[C@@H]3O[C@H](CO[C@@H]4O[C@H](COS(=O)(=O)O)[C@@H](OS(=O)(=O)O)[C@H](OS(=O)(=O)O)[C@H]4OS(=O)(=O)O)[C@@H](OS(=O)(=O)O)[C@H](OS(=O)(=O)O)[C@H]3OS(=O)(=O)O)OS(=O)(=O)O)[C@H](OS(=O)(=O)O)[C@@H](OS(=O)(=O)O)[C@@H]2OS(=O)(=O)O)[C@H](OS(=O)(=O)O)[C@@H](OS(=O)(=O)O)[C@@H]1OS(=O)(=O)O.[K+]. The number of hydrogen-bond donors (Lipinski definition) is 18. The van der Waals surface area contributed by atoms with E-state index in [-0.39, 0.29) is 51.4 Å². The van der Waals surface area contributed by atoms with Crippen molar-refractivity contribution in [1.29, 1.82) is 0 Å². The predicted octanol–water partition coefficient (Wildman–Crippen LogP) is -18.4. The summed E-state index contributed by atoms with van der Waals surface area (Å²) < 4.78 is 735. The van der Waals surface area contributed by atoms with Crippen molar-refractivity contribution in [2.45, 2.75) is 147 Å². The molecule has 129 heavy (non-hydrogen) atoms. The molecule has 0 aromatic rings. The molecule has 4 fully saturated rings. The second kappa shape index (κ2) is 45.3. The molecule has 80 nitrogen and oxygen atoms in total. The zero-order valence-electron chi connectivity index (χ0n) is 59.8. The number of ether oxygens (including phenoxy) is 8. The summed E-state index contributed by atoms with van der Waals surface area (Å²) in [6.07, 6.45) is -91.1. The molecule has 0 bridgehead atoms. The largest absolute Gasteiger partial charge is 1.00 e. The van der Waals surface area contributed by atoms with E-state index in [1.807, 2.05) is 0 Å². The summed E-state index contributed by atoms with van der Waals surface area (Å²) in [5.41, 5.74) is 0. The molecule has 0 radical (unpaired) electrons. The van der Waals surface area contributed by atoms with E-state index in [0.29, 0.717) is 0 Å².